The fourth-order valence-corrected chi connectivity index (χ4v) is 2.10. The molecule has 0 spiro atoms. The van der Waals surface area contributed by atoms with Crippen LogP contribution < -0.4 is 14.2 Å². The van der Waals surface area contributed by atoms with Crippen molar-refractivity contribution in [2.24, 2.45) is 0 Å². The van der Waals surface area contributed by atoms with Crippen LogP contribution in [0.5, 0.6) is 17.2 Å². The normalized spacial score (nSPS) is 10.3. The summed E-state index contributed by atoms with van der Waals surface area (Å²) < 4.78 is 15.7. The Kier molecular flexibility index (Phi) is 4.12. The molecule has 0 aliphatic rings. The van der Waals surface area contributed by atoms with E-state index in [9.17, 15) is 9.59 Å². The number of hydrogen-bond acceptors (Lipinski definition) is 5. The van der Waals surface area contributed by atoms with E-state index in [1.54, 1.807) is 0 Å². The first kappa shape index (κ1) is 14.8. The summed E-state index contributed by atoms with van der Waals surface area (Å²) >= 11 is 0. The average Bonchev–Trinajstić information content (AvgIpc) is 2.40. The number of fused-ring (bicyclic) bond motifs is 1. The number of esters is 2. The van der Waals surface area contributed by atoms with Crippen molar-refractivity contribution < 1.29 is 23.8 Å². The van der Waals surface area contributed by atoms with Gasteiger partial charge in [0.1, 0.15) is 5.75 Å². The zero-order valence-corrected chi connectivity index (χ0v) is 12.4. The lowest BCUT2D eigenvalue weighted by molar-refractivity contribution is -0.133. The van der Waals surface area contributed by atoms with Crippen molar-refractivity contribution in [2.75, 3.05) is 7.11 Å². The maximum Gasteiger partial charge on any atom is 0.308 e. The number of benzene rings is 2. The Morgan fingerprint density at radius 3 is 2.14 bits per heavy atom. The molecule has 0 bridgehead atoms. The average molecular weight is 288 g/mol. The van der Waals surface area contributed by atoms with Gasteiger partial charge in [-0.1, -0.05) is 17.7 Å². The van der Waals surface area contributed by atoms with Crippen molar-refractivity contribution in [3.05, 3.63) is 29.8 Å². The molecule has 21 heavy (non-hydrogen) atoms. The van der Waals surface area contributed by atoms with Gasteiger partial charge in [-0.3, -0.25) is 9.59 Å². The molecule has 2 aromatic rings. The molecular formula is C16H16O5. The van der Waals surface area contributed by atoms with Crippen molar-refractivity contribution in [3.63, 3.8) is 0 Å². The lowest BCUT2D eigenvalue weighted by atomic mass is 10.0. The largest absolute Gasteiger partial charge is 0.493 e. The Labute approximate surface area is 122 Å². The first-order valence-corrected chi connectivity index (χ1v) is 6.40. The van der Waals surface area contributed by atoms with Gasteiger partial charge in [-0.25, -0.2) is 0 Å². The molecule has 0 unspecified atom stereocenters. The summed E-state index contributed by atoms with van der Waals surface area (Å²) in [5.74, 6) is 0.139. The second-order valence-electron chi connectivity index (χ2n) is 4.64. The van der Waals surface area contributed by atoms with E-state index in [4.69, 9.17) is 14.2 Å². The van der Waals surface area contributed by atoms with Crippen molar-refractivity contribution in [1.29, 1.82) is 0 Å². The zero-order valence-electron chi connectivity index (χ0n) is 12.4. The summed E-state index contributed by atoms with van der Waals surface area (Å²) in [5.41, 5.74) is 0.984. The molecule has 0 atom stereocenters. The quantitative estimate of drug-likeness (QED) is 0.641. The number of hydrogen-bond donors (Lipinski definition) is 0. The monoisotopic (exact) mass is 288 g/mol. The molecule has 0 saturated carbocycles. The molecule has 0 aliphatic carbocycles. The highest BCUT2D eigenvalue weighted by Crippen LogP contribution is 2.42. The van der Waals surface area contributed by atoms with Gasteiger partial charge in [0, 0.05) is 30.7 Å². The number of ether oxygens (including phenoxy) is 3. The van der Waals surface area contributed by atoms with Gasteiger partial charge in [0.05, 0.1) is 7.11 Å². The van der Waals surface area contributed by atoms with Crippen LogP contribution in [0.4, 0.5) is 0 Å². The van der Waals surface area contributed by atoms with Gasteiger partial charge in [0.15, 0.2) is 11.5 Å². The molecule has 5 nitrogen and oxygen atoms in total. The molecule has 0 fully saturated rings. The number of rotatable bonds is 3. The van der Waals surface area contributed by atoms with Crippen LogP contribution in [0.15, 0.2) is 24.3 Å². The molecule has 0 radical (unpaired) electrons. The standard InChI is InChI=1S/C16H16O5/c1-9-5-6-12-13(7-9)16(21-11(3)18)15(19-4)8-14(12)20-10(2)17/h5-8H,1-4H3. The predicted molar refractivity (Wildman–Crippen MR) is 77.9 cm³/mol. The summed E-state index contributed by atoms with van der Waals surface area (Å²) in [7, 11) is 1.46. The molecule has 0 N–H and O–H groups in total. The molecular weight excluding hydrogens is 272 g/mol. The van der Waals surface area contributed by atoms with E-state index in [0.717, 1.165) is 5.56 Å². The Hall–Kier alpha value is -2.56. The summed E-state index contributed by atoms with van der Waals surface area (Å²) in [5, 5.41) is 1.33. The minimum Gasteiger partial charge on any atom is -0.493 e. The highest BCUT2D eigenvalue weighted by atomic mass is 16.6. The first-order chi connectivity index (χ1) is 9.92. The second-order valence-corrected chi connectivity index (χ2v) is 4.64. The van der Waals surface area contributed by atoms with E-state index < -0.39 is 11.9 Å². The van der Waals surface area contributed by atoms with E-state index in [1.807, 2.05) is 25.1 Å². The van der Waals surface area contributed by atoms with Gasteiger partial charge in [-0.05, 0) is 13.0 Å². The van der Waals surface area contributed by atoms with Crippen LogP contribution in [-0.2, 0) is 9.59 Å². The lowest BCUT2D eigenvalue weighted by Crippen LogP contribution is -2.06. The van der Waals surface area contributed by atoms with Crippen molar-refractivity contribution in [3.8, 4) is 17.2 Å². The molecule has 0 aromatic heterocycles. The minimum atomic E-state index is -0.448. The molecule has 5 heteroatoms. The van der Waals surface area contributed by atoms with Gasteiger partial charge >= 0.3 is 11.9 Å². The molecule has 0 saturated heterocycles. The van der Waals surface area contributed by atoms with E-state index >= 15 is 0 Å². The van der Waals surface area contributed by atoms with Crippen LogP contribution in [0.3, 0.4) is 0 Å². The minimum absolute atomic E-state index is 0.319. The fraction of sp³-hybridized carbons (Fsp3) is 0.250. The van der Waals surface area contributed by atoms with E-state index in [0.29, 0.717) is 28.0 Å². The Balaban J connectivity index is 2.78. The van der Waals surface area contributed by atoms with Gasteiger partial charge in [-0.2, -0.15) is 0 Å². The van der Waals surface area contributed by atoms with Gasteiger partial charge in [-0.15, -0.1) is 0 Å². The maximum atomic E-state index is 11.3. The van der Waals surface area contributed by atoms with Gasteiger partial charge < -0.3 is 14.2 Å². The predicted octanol–water partition coefficient (Wildman–Crippen LogP) is 3.01. The van der Waals surface area contributed by atoms with Crippen LogP contribution in [0.2, 0.25) is 0 Å². The van der Waals surface area contributed by atoms with Crippen molar-refractivity contribution in [1.82, 2.24) is 0 Å². The second kappa shape index (κ2) is 5.83. The van der Waals surface area contributed by atoms with E-state index in [1.165, 1.54) is 27.0 Å². The molecule has 0 amide bonds. The third-order valence-electron chi connectivity index (χ3n) is 2.89. The SMILES string of the molecule is COc1cc(OC(C)=O)c2ccc(C)cc2c1OC(C)=O. The highest BCUT2D eigenvalue weighted by Gasteiger charge is 2.17. The smallest absolute Gasteiger partial charge is 0.308 e. The Bertz CT molecular complexity index is 718. The van der Waals surface area contributed by atoms with E-state index in [2.05, 4.69) is 0 Å². The lowest BCUT2D eigenvalue weighted by Gasteiger charge is -2.15. The summed E-state index contributed by atoms with van der Waals surface area (Å²) in [6.45, 7) is 4.56. The summed E-state index contributed by atoms with van der Waals surface area (Å²) in [6.07, 6.45) is 0. The number of methoxy groups -OCH3 is 1. The third kappa shape index (κ3) is 3.13. The van der Waals surface area contributed by atoms with Crippen LogP contribution in [0.25, 0.3) is 10.8 Å². The summed E-state index contributed by atoms with van der Waals surface area (Å²) in [6, 6.07) is 7.09. The van der Waals surface area contributed by atoms with Crippen LogP contribution in [-0.4, -0.2) is 19.0 Å². The number of aryl methyl sites for hydroxylation is 1. The zero-order chi connectivity index (χ0) is 15.6. The fourth-order valence-electron chi connectivity index (χ4n) is 2.10. The Morgan fingerprint density at radius 1 is 0.905 bits per heavy atom. The highest BCUT2D eigenvalue weighted by molar-refractivity contribution is 5.98. The van der Waals surface area contributed by atoms with Crippen LogP contribution in [0.1, 0.15) is 19.4 Å². The molecule has 2 aromatic carbocycles. The van der Waals surface area contributed by atoms with Gasteiger partial charge in [0.25, 0.3) is 0 Å². The number of carbonyl (C=O) groups excluding carboxylic acids is 2. The van der Waals surface area contributed by atoms with E-state index in [-0.39, 0.29) is 0 Å². The first-order valence-electron chi connectivity index (χ1n) is 6.40. The number of carbonyl (C=O) groups is 2. The molecule has 0 aliphatic heterocycles. The maximum absolute atomic E-state index is 11.3. The third-order valence-corrected chi connectivity index (χ3v) is 2.89. The Morgan fingerprint density at radius 2 is 1.57 bits per heavy atom. The topological polar surface area (TPSA) is 61.8 Å². The van der Waals surface area contributed by atoms with Crippen molar-refractivity contribution >= 4 is 22.7 Å². The molecule has 0 heterocycles. The van der Waals surface area contributed by atoms with Crippen molar-refractivity contribution in [2.45, 2.75) is 20.8 Å². The van der Waals surface area contributed by atoms with Crippen LogP contribution in [0, 0.1) is 6.92 Å². The molecule has 2 rings (SSSR count). The summed E-state index contributed by atoms with van der Waals surface area (Å²) in [4.78, 5) is 22.5. The van der Waals surface area contributed by atoms with Crippen LogP contribution >= 0.6 is 0 Å². The van der Waals surface area contributed by atoms with Gasteiger partial charge in [0.2, 0.25) is 0 Å². The molecule has 110 valence electrons.